The molecule has 1 atom stereocenters. The van der Waals surface area contributed by atoms with E-state index >= 15 is 0 Å². The van der Waals surface area contributed by atoms with E-state index in [1.165, 1.54) is 0 Å². The maximum atomic E-state index is 7.66. The van der Waals surface area contributed by atoms with Crippen LogP contribution in [0.2, 0.25) is 0 Å². The average Bonchev–Trinajstić information content (AvgIpc) is 2.65. The third-order valence-corrected chi connectivity index (χ3v) is 2.36. The fourth-order valence-corrected chi connectivity index (χ4v) is 1.59. The molecule has 86 valence electrons. The molecule has 6 heteroatoms. The van der Waals surface area contributed by atoms with Crippen LogP contribution in [-0.2, 0) is 4.74 Å². The van der Waals surface area contributed by atoms with Gasteiger partial charge in [0.25, 0.3) is 0 Å². The molecule has 1 unspecified atom stereocenters. The van der Waals surface area contributed by atoms with E-state index in [0.29, 0.717) is 13.1 Å². The van der Waals surface area contributed by atoms with Gasteiger partial charge in [0.1, 0.15) is 0 Å². The Bertz CT molecular complexity index is 243. The molecule has 0 spiro atoms. The number of nitrogens with one attached hydrogen (secondary N) is 1. The lowest BCUT2D eigenvalue weighted by Gasteiger charge is -2.23. The molecule has 0 aliphatic carbocycles. The number of likely N-dealkylation sites (N-methyl/N-ethyl adjacent to an activating group) is 1. The summed E-state index contributed by atoms with van der Waals surface area (Å²) < 4.78 is 5.49. The fourth-order valence-electron chi connectivity index (χ4n) is 1.59. The first-order valence-electron chi connectivity index (χ1n) is 5.18. The molecule has 1 fully saturated rings. The van der Waals surface area contributed by atoms with Crippen molar-refractivity contribution < 1.29 is 4.74 Å². The second-order valence-corrected chi connectivity index (χ2v) is 3.53. The summed E-state index contributed by atoms with van der Waals surface area (Å²) in [4.78, 5) is 5.52. The Morgan fingerprint density at radius 2 is 2.33 bits per heavy atom. The summed E-state index contributed by atoms with van der Waals surface area (Å²) in [6, 6.07) is 0. The Labute approximate surface area is 89.8 Å². The van der Waals surface area contributed by atoms with E-state index in [-0.39, 0.29) is 18.0 Å². The minimum absolute atomic E-state index is 0.0780. The molecule has 1 aliphatic rings. The van der Waals surface area contributed by atoms with Gasteiger partial charge in [-0.1, -0.05) is 0 Å². The highest BCUT2D eigenvalue weighted by molar-refractivity contribution is 5.91. The Morgan fingerprint density at radius 1 is 1.60 bits per heavy atom. The molecule has 0 amide bonds. The molecule has 0 aromatic rings. The van der Waals surface area contributed by atoms with Crippen LogP contribution in [0.1, 0.15) is 19.8 Å². The van der Waals surface area contributed by atoms with Crippen LogP contribution in [0.3, 0.4) is 0 Å². The number of aliphatic imine (C=N–C) groups is 1. The van der Waals surface area contributed by atoms with Gasteiger partial charge in [0.05, 0.1) is 6.10 Å². The van der Waals surface area contributed by atoms with Crippen LogP contribution in [0.5, 0.6) is 0 Å². The zero-order valence-corrected chi connectivity index (χ0v) is 9.07. The molecule has 0 saturated carbocycles. The average molecular weight is 213 g/mol. The van der Waals surface area contributed by atoms with Crippen molar-refractivity contribution in [2.24, 2.45) is 16.5 Å². The highest BCUT2D eigenvalue weighted by atomic mass is 16.5. The van der Waals surface area contributed by atoms with E-state index < -0.39 is 0 Å². The first-order chi connectivity index (χ1) is 7.13. The van der Waals surface area contributed by atoms with Crippen LogP contribution in [0.4, 0.5) is 0 Å². The van der Waals surface area contributed by atoms with Crippen LogP contribution in [0.25, 0.3) is 0 Å². The fraction of sp³-hybridized carbons (Fsp3) is 0.778. The van der Waals surface area contributed by atoms with E-state index in [0.717, 1.165) is 19.4 Å². The summed E-state index contributed by atoms with van der Waals surface area (Å²) >= 11 is 0. The van der Waals surface area contributed by atoms with Crippen LogP contribution in [0, 0.1) is 5.41 Å². The predicted molar refractivity (Wildman–Crippen MR) is 59.8 cm³/mol. The van der Waals surface area contributed by atoms with Crippen molar-refractivity contribution in [3.63, 3.8) is 0 Å². The smallest absolute Gasteiger partial charge is 0.221 e. The second-order valence-electron chi connectivity index (χ2n) is 3.53. The first kappa shape index (κ1) is 11.8. The third-order valence-electron chi connectivity index (χ3n) is 2.36. The monoisotopic (exact) mass is 213 g/mol. The lowest BCUT2D eigenvalue weighted by atomic mass is 10.2. The van der Waals surface area contributed by atoms with Gasteiger partial charge in [-0.25, -0.2) is 0 Å². The van der Waals surface area contributed by atoms with Gasteiger partial charge in [-0.3, -0.25) is 5.41 Å². The molecule has 5 N–H and O–H groups in total. The van der Waals surface area contributed by atoms with E-state index in [2.05, 4.69) is 4.99 Å². The molecule has 0 aromatic carbocycles. The maximum Gasteiger partial charge on any atom is 0.221 e. The molecule has 1 rings (SSSR count). The van der Waals surface area contributed by atoms with E-state index in [1.807, 2.05) is 6.92 Å². The summed E-state index contributed by atoms with van der Waals surface area (Å²) in [5.41, 5.74) is 10.4. The van der Waals surface area contributed by atoms with Crippen molar-refractivity contribution in [3.8, 4) is 0 Å². The molecule has 1 saturated heterocycles. The Balaban J connectivity index is 2.47. The number of nitrogens with two attached hydrogens (primary N) is 2. The number of ether oxygens (including phenoxy) is 1. The number of rotatable bonds is 3. The van der Waals surface area contributed by atoms with Crippen LogP contribution >= 0.6 is 0 Å². The van der Waals surface area contributed by atoms with Crippen molar-refractivity contribution in [1.29, 1.82) is 5.41 Å². The van der Waals surface area contributed by atoms with Crippen molar-refractivity contribution in [1.82, 2.24) is 4.90 Å². The maximum absolute atomic E-state index is 7.66. The number of nitrogens with zero attached hydrogens (tertiary/aromatic N) is 2. The highest BCUT2D eigenvalue weighted by Crippen LogP contribution is 2.13. The quantitative estimate of drug-likeness (QED) is 0.442. The van der Waals surface area contributed by atoms with Crippen molar-refractivity contribution >= 4 is 11.9 Å². The van der Waals surface area contributed by atoms with Crippen molar-refractivity contribution in [2.45, 2.75) is 25.9 Å². The normalized spacial score (nSPS) is 19.9. The lowest BCUT2D eigenvalue weighted by Crippen LogP contribution is -2.37. The van der Waals surface area contributed by atoms with Gasteiger partial charge >= 0.3 is 0 Å². The van der Waals surface area contributed by atoms with Crippen molar-refractivity contribution in [2.75, 3.05) is 19.7 Å². The topological polar surface area (TPSA) is 101 Å². The molecule has 0 bridgehead atoms. The van der Waals surface area contributed by atoms with Gasteiger partial charge < -0.3 is 21.1 Å². The van der Waals surface area contributed by atoms with Gasteiger partial charge in [-0.15, -0.1) is 0 Å². The summed E-state index contributed by atoms with van der Waals surface area (Å²) in [6.45, 7) is 4.17. The van der Waals surface area contributed by atoms with Crippen LogP contribution in [-0.4, -0.2) is 42.6 Å². The van der Waals surface area contributed by atoms with Crippen LogP contribution in [0.15, 0.2) is 4.99 Å². The van der Waals surface area contributed by atoms with Gasteiger partial charge in [-0.05, 0) is 19.8 Å². The zero-order chi connectivity index (χ0) is 11.3. The largest absolute Gasteiger partial charge is 0.376 e. The second kappa shape index (κ2) is 5.55. The Morgan fingerprint density at radius 3 is 2.80 bits per heavy atom. The molecule has 1 heterocycles. The van der Waals surface area contributed by atoms with E-state index in [4.69, 9.17) is 21.6 Å². The molecular formula is C9H19N5O. The predicted octanol–water partition coefficient (Wildman–Crippen LogP) is -0.305. The summed E-state index contributed by atoms with van der Waals surface area (Å²) in [6.07, 6.45) is 2.35. The van der Waals surface area contributed by atoms with E-state index in [1.54, 1.807) is 4.90 Å². The molecule has 0 aromatic heterocycles. The minimum atomic E-state index is -0.0780. The minimum Gasteiger partial charge on any atom is -0.376 e. The molecule has 6 nitrogen and oxygen atoms in total. The lowest BCUT2D eigenvalue weighted by molar-refractivity contribution is 0.0919. The van der Waals surface area contributed by atoms with E-state index in [9.17, 15) is 0 Å². The molecule has 15 heavy (non-hydrogen) atoms. The number of hydrogen-bond donors (Lipinski definition) is 3. The highest BCUT2D eigenvalue weighted by Gasteiger charge is 2.19. The van der Waals surface area contributed by atoms with Gasteiger partial charge in [0.15, 0.2) is 5.96 Å². The summed E-state index contributed by atoms with van der Waals surface area (Å²) in [7, 11) is 0. The van der Waals surface area contributed by atoms with Gasteiger partial charge in [-0.2, -0.15) is 4.99 Å². The first-order valence-corrected chi connectivity index (χ1v) is 5.18. The van der Waals surface area contributed by atoms with Gasteiger partial charge in [0.2, 0.25) is 5.96 Å². The van der Waals surface area contributed by atoms with Crippen LogP contribution < -0.4 is 11.5 Å². The standard InChI is InChI=1S/C9H19N5O/c1-2-14(9(12)13-8(10)11)6-7-4-3-5-15-7/h7H,2-6H2,1H3,(H5,10,11,12,13). The Hall–Kier alpha value is -1.30. The van der Waals surface area contributed by atoms with Crippen molar-refractivity contribution in [3.05, 3.63) is 0 Å². The summed E-state index contributed by atoms with van der Waals surface area (Å²) in [5, 5.41) is 7.66. The molecular weight excluding hydrogens is 194 g/mol. The SMILES string of the molecule is CCN(CC1CCCO1)C(=N)N=C(N)N. The zero-order valence-electron chi connectivity index (χ0n) is 9.07. The number of guanidine groups is 2. The third kappa shape index (κ3) is 3.75. The molecule has 1 aliphatic heterocycles. The Kier molecular flexibility index (Phi) is 4.36. The van der Waals surface area contributed by atoms with Gasteiger partial charge in [0, 0.05) is 19.7 Å². The number of hydrogen-bond acceptors (Lipinski definition) is 2. The molecule has 0 radical (unpaired) electrons. The summed E-state index contributed by atoms with van der Waals surface area (Å²) in [5.74, 6) is 0.0267.